The normalized spacial score (nSPS) is 15.1. The molecule has 2 amide bonds. The van der Waals surface area contributed by atoms with Crippen molar-refractivity contribution in [2.45, 2.75) is 31.3 Å². The molecule has 1 unspecified atom stereocenters. The Balaban J connectivity index is 1.95. The monoisotopic (exact) mass is 343 g/mol. The van der Waals surface area contributed by atoms with Gasteiger partial charge in [0.05, 0.1) is 22.2 Å². The van der Waals surface area contributed by atoms with Crippen molar-refractivity contribution in [1.29, 1.82) is 0 Å². The summed E-state index contributed by atoms with van der Waals surface area (Å²) in [5.74, 6) is 0.125. The summed E-state index contributed by atoms with van der Waals surface area (Å²) >= 11 is 1.49. The van der Waals surface area contributed by atoms with E-state index in [4.69, 9.17) is 0 Å². The highest BCUT2D eigenvalue weighted by Gasteiger charge is 2.25. The summed E-state index contributed by atoms with van der Waals surface area (Å²) in [6, 6.07) is 11.8. The smallest absolute Gasteiger partial charge is 0.240 e. The van der Waals surface area contributed by atoms with Gasteiger partial charge in [-0.2, -0.15) is 0 Å². The van der Waals surface area contributed by atoms with Crippen LogP contribution in [0.15, 0.2) is 47.6 Å². The number of carbonyl (C=O) groups excluding carboxylic acids is 2. The Hall–Kier alpha value is -2.21. The second-order valence-electron chi connectivity index (χ2n) is 5.85. The lowest BCUT2D eigenvalue weighted by atomic mass is 10.2. The fourth-order valence-corrected chi connectivity index (χ4v) is 3.57. The number of amides is 2. The third kappa shape index (κ3) is 3.33. The Bertz CT molecular complexity index is 756. The molecule has 0 aliphatic carbocycles. The largest absolute Gasteiger partial charge is 0.352 e. The molecule has 2 heterocycles. The van der Waals surface area contributed by atoms with Crippen molar-refractivity contribution in [3.05, 3.63) is 42.6 Å². The van der Waals surface area contributed by atoms with Crippen molar-refractivity contribution < 1.29 is 9.59 Å². The zero-order valence-electron chi connectivity index (χ0n) is 13.9. The number of thioether (sulfide) groups is 1. The molecule has 0 fully saturated rings. The van der Waals surface area contributed by atoms with Crippen LogP contribution in [0.3, 0.4) is 0 Å². The number of hydrogen-bond acceptors (Lipinski definition) is 3. The molecule has 126 valence electrons. The first-order chi connectivity index (χ1) is 11.6. The molecular weight excluding hydrogens is 322 g/mol. The van der Waals surface area contributed by atoms with Crippen LogP contribution in [0.5, 0.6) is 0 Å². The van der Waals surface area contributed by atoms with Gasteiger partial charge in [0, 0.05) is 12.2 Å². The molecule has 1 aromatic carbocycles. The maximum Gasteiger partial charge on any atom is 0.240 e. The molecule has 0 bridgehead atoms. The molecule has 1 aliphatic heterocycles. The predicted molar refractivity (Wildman–Crippen MR) is 96.7 cm³/mol. The van der Waals surface area contributed by atoms with Crippen LogP contribution in [-0.2, 0) is 9.59 Å². The summed E-state index contributed by atoms with van der Waals surface area (Å²) < 4.78 is 2.06. The number of hydrogen-bond donors (Lipinski definition) is 1. The highest BCUT2D eigenvalue weighted by atomic mass is 32.2. The quantitative estimate of drug-likeness (QED) is 0.929. The number of nitrogens with zero attached hydrogens (tertiary/aromatic N) is 2. The number of aromatic nitrogens is 1. The van der Waals surface area contributed by atoms with Gasteiger partial charge in [0.15, 0.2) is 0 Å². The maximum atomic E-state index is 12.7. The van der Waals surface area contributed by atoms with Gasteiger partial charge in [0.1, 0.15) is 6.54 Å². The van der Waals surface area contributed by atoms with Crippen LogP contribution in [-0.4, -0.2) is 34.7 Å². The standard InChI is InChI=1S/C18H21N3O2S/c1-3-13(2)19-16(22)11-21-15-8-5-4-7-14(15)20-10-6-9-18(20)24-12-17(21)23/h4-10,13H,3,11-12H2,1-2H3,(H,19,22). The van der Waals surface area contributed by atoms with Gasteiger partial charge in [-0.25, -0.2) is 0 Å². The fourth-order valence-electron chi connectivity index (χ4n) is 2.67. The van der Waals surface area contributed by atoms with Gasteiger partial charge in [-0.3, -0.25) is 9.59 Å². The van der Waals surface area contributed by atoms with Gasteiger partial charge in [-0.15, -0.1) is 0 Å². The Kier molecular flexibility index (Phi) is 4.94. The third-order valence-electron chi connectivity index (χ3n) is 4.11. The van der Waals surface area contributed by atoms with Gasteiger partial charge in [0.25, 0.3) is 0 Å². The van der Waals surface area contributed by atoms with Gasteiger partial charge >= 0.3 is 0 Å². The Labute approximate surface area is 146 Å². The third-order valence-corrected chi connectivity index (χ3v) is 5.13. The highest BCUT2D eigenvalue weighted by Crippen LogP contribution is 2.32. The van der Waals surface area contributed by atoms with Gasteiger partial charge in [0.2, 0.25) is 11.8 Å². The number of nitrogens with one attached hydrogen (secondary N) is 1. The average molecular weight is 343 g/mol. The lowest BCUT2D eigenvalue weighted by molar-refractivity contribution is -0.123. The molecule has 24 heavy (non-hydrogen) atoms. The highest BCUT2D eigenvalue weighted by molar-refractivity contribution is 7.99. The summed E-state index contributed by atoms with van der Waals surface area (Å²) in [4.78, 5) is 26.6. The van der Waals surface area contributed by atoms with E-state index in [2.05, 4.69) is 9.88 Å². The number of benzene rings is 1. The molecule has 2 aromatic rings. The maximum absolute atomic E-state index is 12.7. The second kappa shape index (κ2) is 7.13. The Morgan fingerprint density at radius 3 is 2.75 bits per heavy atom. The van der Waals surface area contributed by atoms with Gasteiger partial charge in [-0.05, 0) is 37.6 Å². The molecule has 0 radical (unpaired) electrons. The summed E-state index contributed by atoms with van der Waals surface area (Å²) in [5, 5.41) is 3.96. The lowest BCUT2D eigenvalue weighted by Gasteiger charge is -2.28. The number of para-hydroxylation sites is 2. The minimum atomic E-state index is -0.134. The Morgan fingerprint density at radius 2 is 2.00 bits per heavy atom. The summed E-state index contributed by atoms with van der Waals surface area (Å²) in [7, 11) is 0. The molecule has 1 aromatic heterocycles. The molecule has 5 nitrogen and oxygen atoms in total. The summed E-state index contributed by atoms with van der Waals surface area (Å²) in [6.07, 6.45) is 2.84. The van der Waals surface area contributed by atoms with E-state index >= 15 is 0 Å². The van der Waals surface area contributed by atoms with E-state index in [1.54, 1.807) is 4.90 Å². The van der Waals surface area contributed by atoms with E-state index < -0.39 is 0 Å². The predicted octanol–water partition coefficient (Wildman–Crippen LogP) is 2.83. The zero-order valence-corrected chi connectivity index (χ0v) is 14.7. The molecule has 0 spiro atoms. The molecule has 3 rings (SSSR count). The first-order valence-electron chi connectivity index (χ1n) is 8.09. The van der Waals surface area contributed by atoms with Crippen molar-refractivity contribution in [1.82, 2.24) is 9.88 Å². The second-order valence-corrected chi connectivity index (χ2v) is 6.85. The van der Waals surface area contributed by atoms with E-state index in [0.717, 1.165) is 22.8 Å². The van der Waals surface area contributed by atoms with Crippen molar-refractivity contribution in [3.63, 3.8) is 0 Å². The van der Waals surface area contributed by atoms with E-state index in [0.29, 0.717) is 5.75 Å². The van der Waals surface area contributed by atoms with E-state index in [1.807, 2.05) is 56.4 Å². The molecular formula is C18H21N3O2S. The van der Waals surface area contributed by atoms with Crippen LogP contribution < -0.4 is 10.2 Å². The minimum Gasteiger partial charge on any atom is -0.352 e. The molecule has 1 aliphatic rings. The van der Waals surface area contributed by atoms with E-state index in [-0.39, 0.29) is 24.4 Å². The van der Waals surface area contributed by atoms with Crippen molar-refractivity contribution >= 4 is 29.3 Å². The molecule has 0 saturated heterocycles. The summed E-state index contributed by atoms with van der Waals surface area (Å²) in [6.45, 7) is 4.02. The van der Waals surface area contributed by atoms with Crippen LogP contribution >= 0.6 is 11.8 Å². The van der Waals surface area contributed by atoms with E-state index in [9.17, 15) is 9.59 Å². The van der Waals surface area contributed by atoms with Crippen molar-refractivity contribution in [2.24, 2.45) is 0 Å². The molecule has 0 saturated carbocycles. The molecule has 1 N–H and O–H groups in total. The average Bonchev–Trinajstić information content (AvgIpc) is 3.04. The first kappa shape index (κ1) is 16.6. The Morgan fingerprint density at radius 1 is 1.25 bits per heavy atom. The van der Waals surface area contributed by atoms with Crippen LogP contribution in [0.25, 0.3) is 5.69 Å². The zero-order chi connectivity index (χ0) is 17.1. The first-order valence-corrected chi connectivity index (χ1v) is 9.08. The molecule has 6 heteroatoms. The lowest BCUT2D eigenvalue weighted by Crippen LogP contribution is -2.44. The topological polar surface area (TPSA) is 54.3 Å². The number of rotatable bonds is 4. The van der Waals surface area contributed by atoms with E-state index in [1.165, 1.54) is 11.8 Å². The molecule has 1 atom stereocenters. The summed E-state index contributed by atoms with van der Waals surface area (Å²) in [5.41, 5.74) is 1.67. The van der Waals surface area contributed by atoms with Crippen LogP contribution in [0, 0.1) is 0 Å². The SMILES string of the molecule is CCC(C)NC(=O)CN1C(=O)CSc2cccn2-c2ccccc21. The minimum absolute atomic E-state index is 0.0390. The number of carbonyl (C=O) groups is 2. The number of fused-ring (bicyclic) bond motifs is 3. The van der Waals surface area contributed by atoms with Crippen LogP contribution in [0.1, 0.15) is 20.3 Å². The fraction of sp³-hybridized carbons (Fsp3) is 0.333. The van der Waals surface area contributed by atoms with Crippen LogP contribution in [0.4, 0.5) is 5.69 Å². The van der Waals surface area contributed by atoms with Gasteiger partial charge in [-0.1, -0.05) is 30.8 Å². The van der Waals surface area contributed by atoms with Gasteiger partial charge < -0.3 is 14.8 Å². The van der Waals surface area contributed by atoms with Crippen molar-refractivity contribution in [3.8, 4) is 5.69 Å². The van der Waals surface area contributed by atoms with Crippen LogP contribution in [0.2, 0.25) is 0 Å². The number of anilines is 1. The van der Waals surface area contributed by atoms with Crippen molar-refractivity contribution in [2.75, 3.05) is 17.2 Å².